The molecule has 1 aromatic heterocycles. The molecule has 0 saturated heterocycles. The van der Waals surface area contributed by atoms with Gasteiger partial charge >= 0.3 is 6.36 Å². The molecule has 0 amide bonds. The van der Waals surface area contributed by atoms with Gasteiger partial charge in [0.05, 0.1) is 5.52 Å². The van der Waals surface area contributed by atoms with Gasteiger partial charge in [0, 0.05) is 18.1 Å². The predicted molar refractivity (Wildman–Crippen MR) is 63.5 cm³/mol. The lowest BCUT2D eigenvalue weighted by Gasteiger charge is -2.12. The van der Waals surface area contributed by atoms with E-state index in [4.69, 9.17) is 0 Å². The van der Waals surface area contributed by atoms with E-state index in [1.807, 2.05) is 6.92 Å². The van der Waals surface area contributed by atoms with Crippen molar-refractivity contribution in [2.24, 2.45) is 0 Å². The Morgan fingerprint density at radius 1 is 1.22 bits per heavy atom. The molecule has 0 spiro atoms. The van der Waals surface area contributed by atoms with Gasteiger partial charge in [0.2, 0.25) is 0 Å². The van der Waals surface area contributed by atoms with Crippen molar-refractivity contribution in [2.75, 3.05) is 0 Å². The summed E-state index contributed by atoms with van der Waals surface area (Å²) < 4.78 is 42.9. The van der Waals surface area contributed by atoms with Gasteiger partial charge in [-0.25, -0.2) is 0 Å². The quantitative estimate of drug-likeness (QED) is 0.794. The number of halogens is 3. The van der Waals surface area contributed by atoms with Gasteiger partial charge in [-0.15, -0.1) is 13.2 Å². The Hall–Kier alpha value is -1.65. The van der Waals surface area contributed by atoms with Gasteiger partial charge in [0.15, 0.2) is 5.75 Å². The number of fused-ring (bicyclic) bond motifs is 1. The van der Waals surface area contributed by atoms with E-state index in [-0.39, 0.29) is 5.75 Å². The van der Waals surface area contributed by atoms with Crippen LogP contribution in [0.25, 0.3) is 10.9 Å². The lowest BCUT2D eigenvalue weighted by atomic mass is 10.2. The number of aryl methyl sites for hydroxylation is 1. The van der Waals surface area contributed by atoms with Gasteiger partial charge < -0.3 is 9.30 Å². The topological polar surface area (TPSA) is 14.2 Å². The van der Waals surface area contributed by atoms with Crippen LogP contribution in [0.4, 0.5) is 13.2 Å². The number of aromatic nitrogens is 1. The Kier molecular flexibility index (Phi) is 3.50. The summed E-state index contributed by atoms with van der Waals surface area (Å²) in [6.07, 6.45) is -0.955. The third-order valence-electron chi connectivity index (χ3n) is 2.73. The largest absolute Gasteiger partial charge is 0.573 e. The molecule has 0 fully saturated rings. The second-order valence-electron chi connectivity index (χ2n) is 4.10. The van der Waals surface area contributed by atoms with Gasteiger partial charge in [0.25, 0.3) is 0 Å². The molecule has 1 aromatic carbocycles. The fourth-order valence-electron chi connectivity index (χ4n) is 1.95. The van der Waals surface area contributed by atoms with E-state index >= 15 is 0 Å². The van der Waals surface area contributed by atoms with Crippen LogP contribution in [0, 0.1) is 0 Å². The Morgan fingerprint density at radius 2 is 2.00 bits per heavy atom. The second-order valence-corrected chi connectivity index (χ2v) is 4.10. The van der Waals surface area contributed by atoms with Gasteiger partial charge in [-0.05, 0) is 18.6 Å². The van der Waals surface area contributed by atoms with Crippen LogP contribution < -0.4 is 4.74 Å². The number of hydrogen-bond acceptors (Lipinski definition) is 1. The molecule has 0 saturated carbocycles. The number of ether oxygens (including phenoxy) is 1. The van der Waals surface area contributed by atoms with Crippen LogP contribution in [-0.4, -0.2) is 10.9 Å². The first-order valence-corrected chi connectivity index (χ1v) is 5.85. The molecule has 0 atom stereocenters. The van der Waals surface area contributed by atoms with Crippen molar-refractivity contribution < 1.29 is 17.9 Å². The number of para-hydroxylation sites is 1. The smallest absolute Gasteiger partial charge is 0.404 e. The fraction of sp³-hybridized carbons (Fsp3) is 0.385. The highest BCUT2D eigenvalue weighted by atomic mass is 19.4. The Bertz CT molecular complexity index is 531. The van der Waals surface area contributed by atoms with Crippen molar-refractivity contribution in [1.29, 1.82) is 0 Å². The number of alkyl halides is 3. The maximum atomic E-state index is 12.3. The molecule has 2 rings (SSSR count). The monoisotopic (exact) mass is 257 g/mol. The number of benzene rings is 1. The molecule has 5 heteroatoms. The summed E-state index contributed by atoms with van der Waals surface area (Å²) in [6.45, 7) is 2.73. The highest BCUT2D eigenvalue weighted by Crippen LogP contribution is 2.31. The highest BCUT2D eigenvalue weighted by molar-refractivity contribution is 5.86. The summed E-state index contributed by atoms with van der Waals surface area (Å²) in [5.74, 6) is -0.138. The number of unbranched alkanes of at least 4 members (excludes halogenated alkanes) is 1. The predicted octanol–water partition coefficient (Wildman–Crippen LogP) is 4.34. The number of nitrogens with zero attached hydrogens (tertiary/aromatic N) is 1. The molecule has 0 aliphatic heterocycles. The summed E-state index contributed by atoms with van der Waals surface area (Å²) >= 11 is 0. The zero-order valence-corrected chi connectivity index (χ0v) is 10.00. The van der Waals surface area contributed by atoms with E-state index in [1.54, 1.807) is 29.0 Å². The molecule has 0 unspecified atom stereocenters. The van der Waals surface area contributed by atoms with E-state index in [1.165, 1.54) is 6.07 Å². The van der Waals surface area contributed by atoms with E-state index in [0.29, 0.717) is 12.1 Å². The SMILES string of the molecule is CCCCn1ccc2cccc(OC(F)(F)F)c21. The van der Waals surface area contributed by atoms with Crippen molar-refractivity contribution >= 4 is 10.9 Å². The third-order valence-corrected chi connectivity index (χ3v) is 2.73. The van der Waals surface area contributed by atoms with E-state index < -0.39 is 6.36 Å². The van der Waals surface area contributed by atoms with Crippen LogP contribution in [0.3, 0.4) is 0 Å². The molecule has 0 aliphatic rings. The lowest BCUT2D eigenvalue weighted by Crippen LogP contribution is -2.17. The van der Waals surface area contributed by atoms with Crippen molar-refractivity contribution in [2.45, 2.75) is 32.7 Å². The van der Waals surface area contributed by atoms with Gasteiger partial charge in [-0.1, -0.05) is 25.5 Å². The molecule has 2 aromatic rings. The molecule has 0 bridgehead atoms. The van der Waals surface area contributed by atoms with E-state index in [2.05, 4.69) is 4.74 Å². The molecule has 0 aliphatic carbocycles. The van der Waals surface area contributed by atoms with Crippen molar-refractivity contribution in [1.82, 2.24) is 4.57 Å². The minimum absolute atomic E-state index is 0.138. The van der Waals surface area contributed by atoms with Crippen molar-refractivity contribution in [3.8, 4) is 5.75 Å². The van der Waals surface area contributed by atoms with E-state index in [0.717, 1.165) is 18.2 Å². The normalized spacial score (nSPS) is 12.0. The molecule has 98 valence electrons. The minimum Gasteiger partial charge on any atom is -0.404 e. The van der Waals surface area contributed by atoms with Gasteiger partial charge in [-0.2, -0.15) is 0 Å². The Morgan fingerprint density at radius 3 is 2.67 bits per heavy atom. The molecular formula is C13H14F3NO. The summed E-state index contributed by atoms with van der Waals surface area (Å²) in [6, 6.07) is 6.49. The van der Waals surface area contributed by atoms with Crippen molar-refractivity contribution in [3.63, 3.8) is 0 Å². The minimum atomic E-state index is -4.66. The first kappa shape index (κ1) is 12.8. The van der Waals surface area contributed by atoms with Crippen LogP contribution in [0.15, 0.2) is 30.5 Å². The van der Waals surface area contributed by atoms with Crippen LogP contribution in [-0.2, 0) is 6.54 Å². The van der Waals surface area contributed by atoms with Crippen LogP contribution in [0.2, 0.25) is 0 Å². The van der Waals surface area contributed by atoms with Gasteiger partial charge in [-0.3, -0.25) is 0 Å². The molecule has 1 heterocycles. The maximum absolute atomic E-state index is 12.3. The molecule has 18 heavy (non-hydrogen) atoms. The van der Waals surface area contributed by atoms with Crippen LogP contribution >= 0.6 is 0 Å². The first-order chi connectivity index (χ1) is 8.51. The maximum Gasteiger partial charge on any atom is 0.573 e. The van der Waals surface area contributed by atoms with Gasteiger partial charge in [0.1, 0.15) is 0 Å². The lowest BCUT2D eigenvalue weighted by molar-refractivity contribution is -0.274. The summed E-state index contributed by atoms with van der Waals surface area (Å²) in [5, 5.41) is 0.757. The van der Waals surface area contributed by atoms with E-state index in [9.17, 15) is 13.2 Å². The van der Waals surface area contributed by atoms with Crippen molar-refractivity contribution in [3.05, 3.63) is 30.5 Å². The number of rotatable bonds is 4. The summed E-state index contributed by atoms with van der Waals surface area (Å²) in [7, 11) is 0. The number of hydrogen-bond donors (Lipinski definition) is 0. The Labute approximate surface area is 103 Å². The molecule has 2 nitrogen and oxygen atoms in total. The zero-order chi connectivity index (χ0) is 13.2. The standard InChI is InChI=1S/C13H14F3NO/c1-2-3-8-17-9-7-10-5-4-6-11(12(10)17)18-13(14,15)16/h4-7,9H,2-3,8H2,1H3. The molecule has 0 N–H and O–H groups in total. The summed E-state index contributed by atoms with van der Waals surface area (Å²) in [5.41, 5.74) is 0.503. The zero-order valence-electron chi connectivity index (χ0n) is 10.00. The first-order valence-electron chi connectivity index (χ1n) is 5.85. The third kappa shape index (κ3) is 2.78. The second kappa shape index (κ2) is 4.92. The fourth-order valence-corrected chi connectivity index (χ4v) is 1.95. The molecule has 0 radical (unpaired) electrons. The van der Waals surface area contributed by atoms with Crippen LogP contribution in [0.1, 0.15) is 19.8 Å². The average Bonchev–Trinajstić information content (AvgIpc) is 2.68. The summed E-state index contributed by atoms with van der Waals surface area (Å²) in [4.78, 5) is 0. The highest BCUT2D eigenvalue weighted by Gasteiger charge is 2.32. The van der Waals surface area contributed by atoms with Crippen LogP contribution in [0.5, 0.6) is 5.75 Å². The molecular weight excluding hydrogens is 243 g/mol. The Balaban J connectivity index is 2.42. The average molecular weight is 257 g/mol.